The van der Waals surface area contributed by atoms with E-state index in [9.17, 15) is 0 Å². The molecule has 1 heteroatoms. The van der Waals surface area contributed by atoms with Crippen LogP contribution in [0.5, 0.6) is 0 Å². The van der Waals surface area contributed by atoms with Crippen molar-refractivity contribution in [2.75, 3.05) is 6.54 Å². The molecule has 48 valence electrons. The highest BCUT2D eigenvalue weighted by Gasteiger charge is 1.64. The van der Waals surface area contributed by atoms with E-state index in [1.165, 1.54) is 0 Å². The molecule has 0 N–H and O–H groups in total. The van der Waals surface area contributed by atoms with Crippen molar-refractivity contribution in [2.45, 2.75) is 27.2 Å². The maximum absolute atomic E-state index is 3.73. The Kier molecular flexibility index (Phi) is 21.0. The second kappa shape index (κ2) is 16.1. The van der Waals surface area contributed by atoms with Crippen molar-refractivity contribution in [3.8, 4) is 0 Å². The fourth-order valence-corrected chi connectivity index (χ4v) is 0.191. The Morgan fingerprint density at radius 3 is 2.12 bits per heavy atom. The number of nitrogens with zero attached hydrogens (tertiary/aromatic N) is 1. The second-order valence-electron chi connectivity index (χ2n) is 1.04. The molecule has 0 aromatic heterocycles. The molecule has 0 amide bonds. The summed E-state index contributed by atoms with van der Waals surface area (Å²) in [5.74, 6) is 2.44. The van der Waals surface area contributed by atoms with Crippen LogP contribution in [0, 0.1) is 0 Å². The molecular formula is C7H15N. The quantitative estimate of drug-likeness (QED) is 0.487. The van der Waals surface area contributed by atoms with Gasteiger partial charge >= 0.3 is 0 Å². The van der Waals surface area contributed by atoms with E-state index in [0.29, 0.717) is 0 Å². The highest BCUT2D eigenvalue weighted by atomic mass is 14.7. The minimum Gasteiger partial charge on any atom is -0.244 e. The van der Waals surface area contributed by atoms with Crippen molar-refractivity contribution < 1.29 is 0 Å². The maximum Gasteiger partial charge on any atom is 0.0481 e. The van der Waals surface area contributed by atoms with Gasteiger partial charge in [-0.15, -0.1) is 0 Å². The molecule has 0 atom stereocenters. The van der Waals surface area contributed by atoms with Crippen LogP contribution in [0.3, 0.4) is 0 Å². The van der Waals surface area contributed by atoms with Gasteiger partial charge in [0, 0.05) is 6.54 Å². The van der Waals surface area contributed by atoms with Gasteiger partial charge in [0.1, 0.15) is 0 Å². The van der Waals surface area contributed by atoms with Crippen LogP contribution < -0.4 is 0 Å². The van der Waals surface area contributed by atoms with Gasteiger partial charge in [-0.2, -0.15) is 0 Å². The van der Waals surface area contributed by atoms with Crippen molar-refractivity contribution in [1.29, 1.82) is 0 Å². The molecule has 0 saturated carbocycles. The van der Waals surface area contributed by atoms with E-state index < -0.39 is 0 Å². The number of hydrogen-bond acceptors (Lipinski definition) is 1. The standard InChI is InChI=1S/C5H9N.C2H6/c1-3-5-6-4-2;1-2/h2-3,5H2,1H3;1-2H3. The first-order valence-corrected chi connectivity index (χ1v) is 3.10. The van der Waals surface area contributed by atoms with Gasteiger partial charge in [-0.25, -0.2) is 4.99 Å². The molecule has 0 aromatic rings. The zero-order valence-electron chi connectivity index (χ0n) is 6.07. The Hall–Kier alpha value is -0.550. The van der Waals surface area contributed by atoms with Gasteiger partial charge < -0.3 is 0 Å². The van der Waals surface area contributed by atoms with Crippen molar-refractivity contribution in [3.05, 3.63) is 6.58 Å². The van der Waals surface area contributed by atoms with E-state index in [-0.39, 0.29) is 0 Å². The summed E-state index contributed by atoms with van der Waals surface area (Å²) in [6.07, 6.45) is 1.09. The lowest BCUT2D eigenvalue weighted by Crippen LogP contribution is -1.68. The molecule has 0 fully saturated rings. The molecule has 0 aromatic carbocycles. The molecule has 0 aliphatic rings. The monoisotopic (exact) mass is 113 g/mol. The summed E-state index contributed by atoms with van der Waals surface area (Å²) in [6, 6.07) is 0. The fourth-order valence-electron chi connectivity index (χ4n) is 0.191. The van der Waals surface area contributed by atoms with Crippen LogP contribution >= 0.6 is 0 Å². The summed E-state index contributed by atoms with van der Waals surface area (Å²) in [4.78, 5) is 3.73. The first-order valence-electron chi connectivity index (χ1n) is 3.10. The molecule has 0 unspecified atom stereocenters. The Balaban J connectivity index is 0. The van der Waals surface area contributed by atoms with E-state index in [0.717, 1.165) is 13.0 Å². The second-order valence-corrected chi connectivity index (χ2v) is 1.04. The highest BCUT2D eigenvalue weighted by Crippen LogP contribution is 1.71. The molecule has 0 spiro atoms. The smallest absolute Gasteiger partial charge is 0.0481 e. The third kappa shape index (κ3) is 18.0. The first kappa shape index (κ1) is 10.4. The largest absolute Gasteiger partial charge is 0.244 e. The normalized spacial score (nSPS) is 5.88. The number of hydrogen-bond donors (Lipinski definition) is 0. The summed E-state index contributed by atoms with van der Waals surface area (Å²) in [7, 11) is 0. The summed E-state index contributed by atoms with van der Waals surface area (Å²) >= 11 is 0. The van der Waals surface area contributed by atoms with Crippen molar-refractivity contribution in [1.82, 2.24) is 0 Å². The molecule has 0 radical (unpaired) electrons. The van der Waals surface area contributed by atoms with Crippen molar-refractivity contribution in [3.63, 3.8) is 0 Å². The Bertz CT molecular complexity index is 60.8. The lowest BCUT2D eigenvalue weighted by atomic mass is 10.5. The topological polar surface area (TPSA) is 12.4 Å². The Morgan fingerprint density at radius 1 is 1.50 bits per heavy atom. The Labute approximate surface area is 52.1 Å². The maximum atomic E-state index is 3.73. The molecule has 0 aliphatic carbocycles. The molecule has 8 heavy (non-hydrogen) atoms. The molecule has 0 aliphatic heterocycles. The molecule has 0 heterocycles. The predicted molar refractivity (Wildman–Crippen MR) is 39.6 cm³/mol. The molecule has 0 bridgehead atoms. The summed E-state index contributed by atoms with van der Waals surface area (Å²) in [5.41, 5.74) is 0. The third-order valence-electron chi connectivity index (χ3n) is 0.447. The molecular weight excluding hydrogens is 98.1 g/mol. The van der Waals surface area contributed by atoms with Gasteiger partial charge in [-0.05, 0) is 18.9 Å². The van der Waals surface area contributed by atoms with E-state index in [1.54, 1.807) is 0 Å². The van der Waals surface area contributed by atoms with E-state index in [1.807, 2.05) is 13.8 Å². The molecule has 0 rings (SSSR count). The SMILES string of the molecule is C=C=NCCC.CC. The lowest BCUT2D eigenvalue weighted by molar-refractivity contribution is 0.939. The van der Waals surface area contributed by atoms with Crippen LogP contribution in [0.25, 0.3) is 0 Å². The van der Waals surface area contributed by atoms with Gasteiger partial charge in [0.25, 0.3) is 0 Å². The fraction of sp³-hybridized carbons (Fsp3) is 0.714. The van der Waals surface area contributed by atoms with Crippen LogP contribution in [-0.2, 0) is 0 Å². The van der Waals surface area contributed by atoms with Crippen LogP contribution in [0.4, 0.5) is 0 Å². The van der Waals surface area contributed by atoms with Gasteiger partial charge in [-0.3, -0.25) is 0 Å². The van der Waals surface area contributed by atoms with E-state index >= 15 is 0 Å². The van der Waals surface area contributed by atoms with Gasteiger partial charge in [0.15, 0.2) is 0 Å². The van der Waals surface area contributed by atoms with E-state index in [4.69, 9.17) is 0 Å². The molecule has 1 nitrogen and oxygen atoms in total. The van der Waals surface area contributed by atoms with Crippen LogP contribution in [-0.4, -0.2) is 12.4 Å². The first-order chi connectivity index (χ1) is 3.91. The van der Waals surface area contributed by atoms with Crippen molar-refractivity contribution in [2.24, 2.45) is 4.99 Å². The third-order valence-corrected chi connectivity index (χ3v) is 0.447. The highest BCUT2D eigenvalue weighted by molar-refractivity contribution is 5.46. The van der Waals surface area contributed by atoms with E-state index in [2.05, 4.69) is 24.4 Å². The zero-order chi connectivity index (χ0) is 6.83. The molecule has 0 saturated heterocycles. The van der Waals surface area contributed by atoms with Crippen LogP contribution in [0.2, 0.25) is 0 Å². The Morgan fingerprint density at radius 2 is 2.00 bits per heavy atom. The summed E-state index contributed by atoms with van der Waals surface area (Å²) in [5, 5.41) is 0. The van der Waals surface area contributed by atoms with Crippen molar-refractivity contribution >= 4 is 5.87 Å². The number of aliphatic imine (C=N–C) groups is 1. The van der Waals surface area contributed by atoms with Gasteiger partial charge in [-0.1, -0.05) is 20.8 Å². The van der Waals surface area contributed by atoms with Crippen LogP contribution in [0.1, 0.15) is 27.2 Å². The van der Waals surface area contributed by atoms with Gasteiger partial charge in [0.05, 0.1) is 0 Å². The lowest BCUT2D eigenvalue weighted by Gasteiger charge is -1.74. The minimum absolute atomic E-state index is 0.865. The zero-order valence-corrected chi connectivity index (χ0v) is 6.07. The van der Waals surface area contributed by atoms with Crippen LogP contribution in [0.15, 0.2) is 11.6 Å². The average Bonchev–Trinajstić information content (AvgIpc) is 1.88. The average molecular weight is 113 g/mol. The van der Waals surface area contributed by atoms with Gasteiger partial charge in [0.2, 0.25) is 0 Å². The summed E-state index contributed by atoms with van der Waals surface area (Å²) in [6.45, 7) is 10.2. The summed E-state index contributed by atoms with van der Waals surface area (Å²) < 4.78 is 0. The number of rotatable bonds is 2. The minimum atomic E-state index is 0.865. The predicted octanol–water partition coefficient (Wildman–Crippen LogP) is 2.28.